The molecule has 0 aliphatic heterocycles. The molecule has 0 amide bonds. The Balaban J connectivity index is 1.97. The molecule has 0 atom stereocenters. The van der Waals surface area contributed by atoms with Gasteiger partial charge in [0, 0.05) is 0 Å². The minimum Gasteiger partial charge on any atom is -0.478 e. The van der Waals surface area contributed by atoms with Gasteiger partial charge >= 0.3 is 11.9 Å². The Morgan fingerprint density at radius 1 is 0.571 bits per heavy atom. The van der Waals surface area contributed by atoms with E-state index in [0.29, 0.717) is 33.4 Å². The summed E-state index contributed by atoms with van der Waals surface area (Å²) in [6.07, 6.45) is 0. The average molecular weight is 463 g/mol. The molecule has 0 heterocycles. The van der Waals surface area contributed by atoms with Gasteiger partial charge in [0.2, 0.25) is 0 Å². The summed E-state index contributed by atoms with van der Waals surface area (Å²) in [7, 11) is 0. The van der Waals surface area contributed by atoms with Gasteiger partial charge in [0.25, 0.3) is 0 Å². The second-order valence-electron chi connectivity index (χ2n) is 9.42. The van der Waals surface area contributed by atoms with Crippen LogP contribution in [0.2, 0.25) is 0 Å². The van der Waals surface area contributed by atoms with Crippen molar-refractivity contribution in [3.8, 4) is 11.1 Å². The molecule has 35 heavy (non-hydrogen) atoms. The van der Waals surface area contributed by atoms with E-state index in [2.05, 4.69) is 24.3 Å². The van der Waals surface area contributed by atoms with Crippen molar-refractivity contribution in [1.29, 1.82) is 0 Å². The van der Waals surface area contributed by atoms with Crippen LogP contribution in [-0.4, -0.2) is 22.2 Å². The molecule has 0 unspecified atom stereocenters. The SMILES string of the molecule is Cc1cc(C2(c3cc(C)c(C(=O)O)c(C)c3)c3ccccc3-c3ccccc32)cc(C)c1C(=O)O. The molecule has 4 nitrogen and oxygen atoms in total. The molecular formula is C31H26O4. The zero-order valence-electron chi connectivity index (χ0n) is 20.1. The van der Waals surface area contributed by atoms with Crippen LogP contribution in [0.25, 0.3) is 11.1 Å². The average Bonchev–Trinajstić information content (AvgIpc) is 3.09. The minimum absolute atomic E-state index is 0.317. The molecule has 0 saturated carbocycles. The highest BCUT2D eigenvalue weighted by Crippen LogP contribution is 2.56. The molecule has 0 bridgehead atoms. The maximum atomic E-state index is 12.0. The molecule has 0 fully saturated rings. The lowest BCUT2D eigenvalue weighted by Crippen LogP contribution is -2.30. The van der Waals surface area contributed by atoms with Gasteiger partial charge in [-0.25, -0.2) is 9.59 Å². The van der Waals surface area contributed by atoms with Gasteiger partial charge in [-0.3, -0.25) is 0 Å². The summed E-state index contributed by atoms with van der Waals surface area (Å²) in [5, 5.41) is 19.6. The van der Waals surface area contributed by atoms with Gasteiger partial charge in [0.15, 0.2) is 0 Å². The summed E-state index contributed by atoms with van der Waals surface area (Å²) in [6, 6.07) is 24.5. The molecule has 4 aromatic rings. The third-order valence-electron chi connectivity index (χ3n) is 7.31. The largest absolute Gasteiger partial charge is 0.478 e. The number of carboxylic acid groups (broad SMARTS) is 2. The Morgan fingerprint density at radius 3 is 1.20 bits per heavy atom. The first-order valence-electron chi connectivity index (χ1n) is 11.6. The molecule has 0 aromatic heterocycles. The van der Waals surface area contributed by atoms with E-state index in [1.165, 1.54) is 0 Å². The zero-order chi connectivity index (χ0) is 25.1. The third kappa shape index (κ3) is 3.13. The normalized spacial score (nSPS) is 13.3. The summed E-state index contributed by atoms with van der Waals surface area (Å²) >= 11 is 0. The Morgan fingerprint density at radius 2 is 0.886 bits per heavy atom. The number of aryl methyl sites for hydroxylation is 4. The standard InChI is InChI=1S/C31H26O4/c1-17-13-21(14-18(2)27(17)29(32)33)31(22-15-19(3)28(30(34)35)20(4)16-22)25-11-7-5-9-23(25)24-10-6-8-12-26(24)31/h5-16H,1-4H3,(H,32,33)(H,34,35). The highest BCUT2D eigenvalue weighted by molar-refractivity contribution is 5.93. The molecule has 0 radical (unpaired) electrons. The summed E-state index contributed by atoms with van der Waals surface area (Å²) in [6.45, 7) is 7.35. The van der Waals surface area contributed by atoms with Crippen LogP contribution in [0.3, 0.4) is 0 Å². The number of hydrogen-bond acceptors (Lipinski definition) is 2. The monoisotopic (exact) mass is 462 g/mol. The highest BCUT2D eigenvalue weighted by atomic mass is 16.4. The van der Waals surface area contributed by atoms with Crippen molar-refractivity contribution in [2.75, 3.05) is 0 Å². The van der Waals surface area contributed by atoms with Crippen molar-refractivity contribution in [2.45, 2.75) is 33.1 Å². The van der Waals surface area contributed by atoms with Gasteiger partial charge in [-0.15, -0.1) is 0 Å². The number of benzene rings is 4. The van der Waals surface area contributed by atoms with Gasteiger partial charge in [0.1, 0.15) is 0 Å². The van der Waals surface area contributed by atoms with E-state index in [9.17, 15) is 19.8 Å². The Kier molecular flexibility index (Phi) is 5.13. The fourth-order valence-corrected chi connectivity index (χ4v) is 6.06. The van der Waals surface area contributed by atoms with Gasteiger partial charge in [-0.2, -0.15) is 0 Å². The van der Waals surface area contributed by atoms with Crippen molar-refractivity contribution >= 4 is 11.9 Å². The Labute approximate surface area is 204 Å². The van der Waals surface area contributed by atoms with Gasteiger partial charge < -0.3 is 10.2 Å². The summed E-state index contributed by atoms with van der Waals surface area (Å²) in [5.74, 6) is -1.88. The van der Waals surface area contributed by atoms with E-state index in [0.717, 1.165) is 33.4 Å². The molecule has 0 spiro atoms. The Hall–Kier alpha value is -4.18. The molecule has 1 aliphatic carbocycles. The topological polar surface area (TPSA) is 74.6 Å². The van der Waals surface area contributed by atoms with E-state index in [1.807, 2.05) is 76.2 Å². The van der Waals surface area contributed by atoms with Crippen LogP contribution in [0.4, 0.5) is 0 Å². The first kappa shape index (κ1) is 22.6. The predicted octanol–water partition coefficient (Wildman–Crippen LogP) is 6.68. The van der Waals surface area contributed by atoms with Crippen LogP contribution in [-0.2, 0) is 5.41 Å². The fourth-order valence-electron chi connectivity index (χ4n) is 6.06. The maximum Gasteiger partial charge on any atom is 0.336 e. The van der Waals surface area contributed by atoms with Crippen LogP contribution >= 0.6 is 0 Å². The lowest BCUT2D eigenvalue weighted by atomic mass is 9.66. The quantitative estimate of drug-likeness (QED) is 0.312. The van der Waals surface area contributed by atoms with Gasteiger partial charge in [0.05, 0.1) is 16.5 Å². The fraction of sp³-hybridized carbons (Fsp3) is 0.161. The smallest absolute Gasteiger partial charge is 0.336 e. The van der Waals surface area contributed by atoms with Crippen LogP contribution in [0.15, 0.2) is 72.8 Å². The summed E-state index contributed by atoms with van der Waals surface area (Å²) in [4.78, 5) is 23.9. The van der Waals surface area contributed by atoms with Crippen LogP contribution < -0.4 is 0 Å². The molecule has 2 N–H and O–H groups in total. The summed E-state index contributed by atoms with van der Waals surface area (Å²) < 4.78 is 0. The van der Waals surface area contributed by atoms with E-state index < -0.39 is 17.4 Å². The van der Waals surface area contributed by atoms with Crippen molar-refractivity contribution in [2.24, 2.45) is 0 Å². The lowest BCUT2D eigenvalue weighted by molar-refractivity contribution is 0.0684. The Bertz CT molecular complexity index is 1380. The zero-order valence-corrected chi connectivity index (χ0v) is 20.1. The molecule has 4 aromatic carbocycles. The number of carboxylic acids is 2. The van der Waals surface area contributed by atoms with Gasteiger partial charge in [-0.05, 0) is 83.3 Å². The molecule has 174 valence electrons. The van der Waals surface area contributed by atoms with Crippen molar-refractivity contribution in [3.63, 3.8) is 0 Å². The number of fused-ring (bicyclic) bond motifs is 3. The summed E-state index contributed by atoms with van der Waals surface area (Å²) in [5.41, 5.74) is 9.10. The van der Waals surface area contributed by atoms with E-state index >= 15 is 0 Å². The number of rotatable bonds is 4. The molecule has 0 saturated heterocycles. The molecular weight excluding hydrogens is 436 g/mol. The molecule has 5 rings (SSSR count). The van der Waals surface area contributed by atoms with Gasteiger partial charge in [-0.1, -0.05) is 72.8 Å². The number of carbonyl (C=O) groups is 2. The predicted molar refractivity (Wildman–Crippen MR) is 137 cm³/mol. The molecule has 4 heteroatoms. The van der Waals surface area contributed by atoms with E-state index in [4.69, 9.17) is 0 Å². The van der Waals surface area contributed by atoms with Crippen LogP contribution in [0.1, 0.15) is 65.2 Å². The van der Waals surface area contributed by atoms with Crippen LogP contribution in [0, 0.1) is 27.7 Å². The highest BCUT2D eigenvalue weighted by Gasteiger charge is 2.46. The van der Waals surface area contributed by atoms with Crippen molar-refractivity contribution in [1.82, 2.24) is 0 Å². The van der Waals surface area contributed by atoms with Crippen molar-refractivity contribution < 1.29 is 19.8 Å². The molecule has 1 aliphatic rings. The van der Waals surface area contributed by atoms with E-state index in [-0.39, 0.29) is 0 Å². The second kappa shape index (κ2) is 7.95. The number of hydrogen-bond donors (Lipinski definition) is 2. The first-order valence-corrected chi connectivity index (χ1v) is 11.6. The van der Waals surface area contributed by atoms with Crippen molar-refractivity contribution in [3.05, 3.63) is 128 Å². The van der Waals surface area contributed by atoms with Crippen LogP contribution in [0.5, 0.6) is 0 Å². The number of aromatic carboxylic acids is 2. The first-order chi connectivity index (χ1) is 16.7. The third-order valence-corrected chi connectivity index (χ3v) is 7.31. The van der Waals surface area contributed by atoms with E-state index in [1.54, 1.807) is 0 Å². The minimum atomic E-state index is -0.940. The second-order valence-corrected chi connectivity index (χ2v) is 9.42. The lowest BCUT2D eigenvalue weighted by Gasteiger charge is -2.35. The maximum absolute atomic E-state index is 12.0.